The van der Waals surface area contributed by atoms with Gasteiger partial charge in [0.2, 0.25) is 0 Å². The Bertz CT molecular complexity index is 444. The van der Waals surface area contributed by atoms with Crippen molar-refractivity contribution in [2.45, 2.75) is 32.2 Å². The molecule has 1 N–H and O–H groups in total. The molecule has 1 aliphatic heterocycles. The lowest BCUT2D eigenvalue weighted by molar-refractivity contribution is -0.385. The molecule has 1 aromatic carbocycles. The van der Waals surface area contributed by atoms with Gasteiger partial charge in [0.25, 0.3) is 5.69 Å². The van der Waals surface area contributed by atoms with Gasteiger partial charge in [-0.1, -0.05) is 25.1 Å². The zero-order chi connectivity index (χ0) is 14.4. The average Bonchev–Trinajstić information content (AvgIpc) is 2.96. The van der Waals surface area contributed by atoms with Gasteiger partial charge in [0.1, 0.15) is 0 Å². The molecule has 20 heavy (non-hydrogen) atoms. The number of nitrogens with zero attached hydrogens (tertiary/aromatic N) is 2. The van der Waals surface area contributed by atoms with E-state index in [-0.39, 0.29) is 10.6 Å². The highest BCUT2D eigenvalue weighted by Crippen LogP contribution is 2.18. The van der Waals surface area contributed by atoms with E-state index in [2.05, 4.69) is 17.1 Å². The summed E-state index contributed by atoms with van der Waals surface area (Å²) in [6, 6.07) is 7.63. The molecule has 5 heteroatoms. The summed E-state index contributed by atoms with van der Waals surface area (Å²) < 4.78 is 0. The number of hydrogen-bond donors (Lipinski definition) is 1. The minimum Gasteiger partial charge on any atom is -0.313 e. The number of nitro benzene ring substituents is 1. The second kappa shape index (κ2) is 7.36. The van der Waals surface area contributed by atoms with E-state index in [9.17, 15) is 10.1 Å². The van der Waals surface area contributed by atoms with Gasteiger partial charge in [-0.25, -0.2) is 0 Å². The van der Waals surface area contributed by atoms with Crippen molar-refractivity contribution in [3.05, 3.63) is 39.9 Å². The van der Waals surface area contributed by atoms with E-state index in [0.29, 0.717) is 6.04 Å². The van der Waals surface area contributed by atoms with Crippen molar-refractivity contribution in [1.29, 1.82) is 0 Å². The number of para-hydroxylation sites is 1. The highest BCUT2D eigenvalue weighted by atomic mass is 16.6. The number of nitrogens with one attached hydrogen (secondary N) is 1. The Morgan fingerprint density at radius 3 is 2.90 bits per heavy atom. The van der Waals surface area contributed by atoms with Crippen LogP contribution in [0.4, 0.5) is 5.69 Å². The maximum absolute atomic E-state index is 11.0. The van der Waals surface area contributed by atoms with Gasteiger partial charge in [-0.15, -0.1) is 0 Å². The molecule has 1 saturated heterocycles. The van der Waals surface area contributed by atoms with Crippen LogP contribution in [0.1, 0.15) is 25.3 Å². The van der Waals surface area contributed by atoms with E-state index in [1.165, 1.54) is 12.8 Å². The Labute approximate surface area is 120 Å². The van der Waals surface area contributed by atoms with E-state index >= 15 is 0 Å². The Hall–Kier alpha value is -1.46. The summed E-state index contributed by atoms with van der Waals surface area (Å²) in [6.45, 7) is 6.16. The maximum atomic E-state index is 11.0. The third kappa shape index (κ3) is 4.02. The number of nitro groups is 1. The largest absolute Gasteiger partial charge is 0.313 e. The van der Waals surface area contributed by atoms with Gasteiger partial charge in [0, 0.05) is 30.8 Å². The molecule has 1 atom stereocenters. The lowest BCUT2D eigenvalue weighted by Gasteiger charge is -2.24. The van der Waals surface area contributed by atoms with Crippen molar-refractivity contribution in [1.82, 2.24) is 10.2 Å². The normalized spacial score (nSPS) is 18.6. The quantitative estimate of drug-likeness (QED) is 0.613. The predicted octanol–water partition coefficient (Wildman–Crippen LogP) is 2.21. The van der Waals surface area contributed by atoms with Crippen LogP contribution in [0.5, 0.6) is 0 Å². The molecule has 0 amide bonds. The van der Waals surface area contributed by atoms with E-state index in [1.807, 2.05) is 12.1 Å². The molecule has 0 spiro atoms. The van der Waals surface area contributed by atoms with Crippen molar-refractivity contribution < 1.29 is 4.92 Å². The van der Waals surface area contributed by atoms with Crippen LogP contribution in [-0.2, 0) is 6.42 Å². The number of likely N-dealkylation sites (N-methyl/N-ethyl adjacent to an activating group) is 1. The van der Waals surface area contributed by atoms with Crippen LogP contribution in [-0.4, -0.2) is 42.0 Å². The summed E-state index contributed by atoms with van der Waals surface area (Å²) >= 11 is 0. The number of hydrogen-bond acceptors (Lipinski definition) is 4. The zero-order valence-corrected chi connectivity index (χ0v) is 12.0. The van der Waals surface area contributed by atoms with Gasteiger partial charge in [0.05, 0.1) is 4.92 Å². The van der Waals surface area contributed by atoms with Gasteiger partial charge >= 0.3 is 0 Å². The molecule has 0 bridgehead atoms. The van der Waals surface area contributed by atoms with Crippen LogP contribution < -0.4 is 5.32 Å². The molecule has 1 aromatic rings. The Kier molecular flexibility index (Phi) is 5.49. The molecule has 2 rings (SSSR count). The molecular weight excluding hydrogens is 254 g/mol. The minimum absolute atomic E-state index is 0.238. The third-order valence-electron chi connectivity index (χ3n) is 3.97. The van der Waals surface area contributed by atoms with Crippen LogP contribution in [0.15, 0.2) is 24.3 Å². The molecule has 1 fully saturated rings. The van der Waals surface area contributed by atoms with Crippen LogP contribution in [0.3, 0.4) is 0 Å². The highest BCUT2D eigenvalue weighted by molar-refractivity contribution is 5.39. The van der Waals surface area contributed by atoms with Gasteiger partial charge in [-0.3, -0.25) is 10.1 Å². The number of rotatable bonds is 7. The van der Waals surface area contributed by atoms with Crippen molar-refractivity contribution in [2.75, 3.05) is 26.2 Å². The van der Waals surface area contributed by atoms with Gasteiger partial charge in [0.15, 0.2) is 0 Å². The first-order chi connectivity index (χ1) is 9.70. The summed E-state index contributed by atoms with van der Waals surface area (Å²) in [5, 5.41) is 14.5. The first kappa shape index (κ1) is 14.9. The van der Waals surface area contributed by atoms with Gasteiger partial charge in [-0.2, -0.15) is 0 Å². The Morgan fingerprint density at radius 1 is 1.45 bits per heavy atom. The van der Waals surface area contributed by atoms with Crippen molar-refractivity contribution in [3.63, 3.8) is 0 Å². The third-order valence-corrected chi connectivity index (χ3v) is 3.97. The van der Waals surface area contributed by atoms with Crippen molar-refractivity contribution in [2.24, 2.45) is 0 Å². The second-order valence-corrected chi connectivity index (χ2v) is 5.32. The fourth-order valence-electron chi connectivity index (χ4n) is 2.78. The first-order valence-corrected chi connectivity index (χ1v) is 7.38. The summed E-state index contributed by atoms with van der Waals surface area (Å²) in [5.41, 5.74) is 1.07. The number of benzene rings is 1. The molecule has 0 radical (unpaired) electrons. The highest BCUT2D eigenvalue weighted by Gasteiger charge is 2.18. The molecular formula is C15H23N3O2. The summed E-state index contributed by atoms with van der Waals surface area (Å²) in [5.74, 6) is 0. The van der Waals surface area contributed by atoms with Crippen LogP contribution in [0, 0.1) is 10.1 Å². The van der Waals surface area contributed by atoms with Crippen molar-refractivity contribution in [3.8, 4) is 0 Å². The van der Waals surface area contributed by atoms with Gasteiger partial charge < -0.3 is 10.2 Å². The van der Waals surface area contributed by atoms with E-state index in [4.69, 9.17) is 0 Å². The zero-order valence-electron chi connectivity index (χ0n) is 12.0. The predicted molar refractivity (Wildman–Crippen MR) is 79.9 cm³/mol. The topological polar surface area (TPSA) is 58.4 Å². The molecule has 0 aromatic heterocycles. The van der Waals surface area contributed by atoms with Crippen LogP contribution in [0.25, 0.3) is 0 Å². The summed E-state index contributed by atoms with van der Waals surface area (Å²) in [6.07, 6.45) is 3.23. The first-order valence-electron chi connectivity index (χ1n) is 7.38. The Morgan fingerprint density at radius 2 is 2.25 bits per heavy atom. The molecule has 1 heterocycles. The van der Waals surface area contributed by atoms with Crippen LogP contribution in [0.2, 0.25) is 0 Å². The van der Waals surface area contributed by atoms with Crippen LogP contribution >= 0.6 is 0 Å². The molecule has 0 aliphatic carbocycles. The second-order valence-electron chi connectivity index (χ2n) is 5.32. The van der Waals surface area contributed by atoms with Crippen molar-refractivity contribution >= 4 is 5.69 Å². The SMILES string of the molecule is CCN(CCc1ccccc1[N+](=O)[O-])CC1CCCN1. The molecule has 5 nitrogen and oxygen atoms in total. The monoisotopic (exact) mass is 277 g/mol. The smallest absolute Gasteiger partial charge is 0.272 e. The lowest BCUT2D eigenvalue weighted by atomic mass is 10.1. The Balaban J connectivity index is 1.90. The summed E-state index contributed by atoms with van der Waals surface area (Å²) in [4.78, 5) is 13.1. The van der Waals surface area contributed by atoms with E-state index in [0.717, 1.165) is 38.2 Å². The standard InChI is InChI=1S/C15H23N3O2/c1-2-17(12-14-7-5-10-16-14)11-9-13-6-3-4-8-15(13)18(19)20/h3-4,6,8,14,16H,2,5,7,9-12H2,1H3. The minimum atomic E-state index is -0.288. The fourth-order valence-corrected chi connectivity index (χ4v) is 2.78. The maximum Gasteiger partial charge on any atom is 0.272 e. The molecule has 1 aliphatic rings. The molecule has 110 valence electrons. The van der Waals surface area contributed by atoms with E-state index in [1.54, 1.807) is 12.1 Å². The van der Waals surface area contributed by atoms with Gasteiger partial charge in [-0.05, 0) is 32.4 Å². The molecule has 1 unspecified atom stereocenters. The molecule has 0 saturated carbocycles. The fraction of sp³-hybridized carbons (Fsp3) is 0.600. The lowest BCUT2D eigenvalue weighted by Crippen LogP contribution is -2.38. The van der Waals surface area contributed by atoms with E-state index < -0.39 is 0 Å². The average molecular weight is 277 g/mol. The summed E-state index contributed by atoms with van der Waals surface area (Å²) in [7, 11) is 0.